The molecule has 0 atom stereocenters. The molecular weight excluding hydrogens is 244 g/mol. The molecule has 0 heterocycles. The molecule has 0 unspecified atom stereocenters. The Morgan fingerprint density at radius 3 is 2.17 bits per heavy atom. The third-order valence-electron chi connectivity index (χ3n) is 3.78. The first-order chi connectivity index (χ1) is 8.72. The number of phenols is 2. The summed E-state index contributed by atoms with van der Waals surface area (Å²) in [6, 6.07) is 5.86. The third kappa shape index (κ3) is 1.65. The predicted octanol–water partition coefficient (Wildman–Crippen LogP) is 3.85. The Morgan fingerprint density at radius 1 is 0.944 bits per heavy atom. The van der Waals surface area contributed by atoms with Gasteiger partial charge >= 0.3 is 0 Å². The van der Waals surface area contributed by atoms with E-state index in [0.29, 0.717) is 11.5 Å². The number of rotatable bonds is 1. The lowest BCUT2D eigenvalue weighted by atomic mass is 9.87. The zero-order valence-electron chi connectivity index (χ0n) is 10.4. The normalized spacial score (nSPS) is 14.7. The number of phenolic OH excluding ortho intramolecular Hbond substituents is 2. The van der Waals surface area contributed by atoms with Crippen LogP contribution in [0.15, 0.2) is 23.1 Å². The Bertz CT molecular complexity index is 620. The number of benzene rings is 2. The van der Waals surface area contributed by atoms with Crippen LogP contribution < -0.4 is 0 Å². The molecule has 0 fully saturated rings. The van der Waals surface area contributed by atoms with Crippen LogP contribution in [0.4, 0.5) is 0 Å². The van der Waals surface area contributed by atoms with Gasteiger partial charge in [-0.1, -0.05) is 0 Å². The lowest BCUT2D eigenvalue weighted by Gasteiger charge is -2.20. The molecule has 0 radical (unpaired) electrons. The van der Waals surface area contributed by atoms with Crippen molar-refractivity contribution in [1.82, 2.24) is 0 Å². The zero-order chi connectivity index (χ0) is 12.7. The highest BCUT2D eigenvalue weighted by molar-refractivity contribution is 7.98. The Labute approximate surface area is 111 Å². The van der Waals surface area contributed by atoms with Crippen molar-refractivity contribution in [2.24, 2.45) is 0 Å². The molecule has 94 valence electrons. The van der Waals surface area contributed by atoms with E-state index in [1.807, 2.05) is 24.5 Å². The average Bonchev–Trinajstić information content (AvgIpc) is 2.44. The van der Waals surface area contributed by atoms with E-state index in [-0.39, 0.29) is 0 Å². The predicted molar refractivity (Wildman–Crippen MR) is 75.7 cm³/mol. The molecule has 0 aromatic heterocycles. The summed E-state index contributed by atoms with van der Waals surface area (Å²) in [7, 11) is 0. The molecular formula is C15H16O2S. The summed E-state index contributed by atoms with van der Waals surface area (Å²) in [5.41, 5.74) is 1.90. The summed E-state index contributed by atoms with van der Waals surface area (Å²) in [5, 5.41) is 22.3. The quantitative estimate of drug-likeness (QED) is 0.604. The Morgan fingerprint density at radius 2 is 1.56 bits per heavy atom. The Hall–Kier alpha value is -1.35. The van der Waals surface area contributed by atoms with Crippen molar-refractivity contribution in [1.29, 1.82) is 0 Å². The van der Waals surface area contributed by atoms with Crippen molar-refractivity contribution < 1.29 is 10.2 Å². The lowest BCUT2D eigenvalue weighted by molar-refractivity contribution is 0.449. The fraction of sp³-hybridized carbons (Fsp3) is 0.333. The highest BCUT2D eigenvalue weighted by Gasteiger charge is 2.21. The number of hydrogen-bond acceptors (Lipinski definition) is 3. The molecule has 0 aliphatic heterocycles. The number of hydrogen-bond donors (Lipinski definition) is 2. The molecule has 18 heavy (non-hydrogen) atoms. The van der Waals surface area contributed by atoms with Gasteiger partial charge in [-0.05, 0) is 50.1 Å². The molecule has 0 amide bonds. The maximum absolute atomic E-state index is 10.4. The molecule has 3 rings (SSSR count). The second kappa shape index (κ2) is 4.39. The molecule has 2 aromatic carbocycles. The fourth-order valence-corrected chi connectivity index (χ4v) is 3.25. The number of thioether (sulfide) groups is 1. The van der Waals surface area contributed by atoms with Gasteiger partial charge in [0.05, 0.1) is 0 Å². The van der Waals surface area contributed by atoms with Crippen LogP contribution in [-0.4, -0.2) is 16.5 Å². The topological polar surface area (TPSA) is 40.5 Å². The summed E-state index contributed by atoms with van der Waals surface area (Å²) in [5.74, 6) is 0.735. The van der Waals surface area contributed by atoms with Crippen LogP contribution in [0.1, 0.15) is 24.0 Å². The summed E-state index contributed by atoms with van der Waals surface area (Å²) in [6.45, 7) is 0. The minimum Gasteiger partial charge on any atom is -0.507 e. The zero-order valence-corrected chi connectivity index (χ0v) is 11.2. The smallest absolute Gasteiger partial charge is 0.127 e. The fourth-order valence-electron chi connectivity index (χ4n) is 2.81. The molecule has 2 N–H and O–H groups in total. The van der Waals surface area contributed by atoms with E-state index in [4.69, 9.17) is 0 Å². The largest absolute Gasteiger partial charge is 0.507 e. The van der Waals surface area contributed by atoms with Gasteiger partial charge < -0.3 is 10.2 Å². The van der Waals surface area contributed by atoms with Crippen molar-refractivity contribution in [3.8, 4) is 11.5 Å². The highest BCUT2D eigenvalue weighted by atomic mass is 32.2. The third-order valence-corrected chi connectivity index (χ3v) is 4.50. The molecule has 2 aromatic rings. The van der Waals surface area contributed by atoms with Crippen molar-refractivity contribution in [2.45, 2.75) is 30.6 Å². The van der Waals surface area contributed by atoms with Gasteiger partial charge in [-0.2, -0.15) is 0 Å². The van der Waals surface area contributed by atoms with Crippen molar-refractivity contribution in [2.75, 3.05) is 6.26 Å². The first kappa shape index (κ1) is 11.7. The monoisotopic (exact) mass is 260 g/mol. The molecule has 0 saturated carbocycles. The van der Waals surface area contributed by atoms with Crippen LogP contribution in [0.3, 0.4) is 0 Å². The standard InChI is InChI=1S/C15H16O2S/c1-18-9-6-7-12-13(8-9)15(17)11-5-3-2-4-10(11)14(12)16/h6-8,16-17H,2-5H2,1H3. The van der Waals surface area contributed by atoms with Crippen LogP contribution in [0.5, 0.6) is 11.5 Å². The van der Waals surface area contributed by atoms with Gasteiger partial charge in [0.1, 0.15) is 11.5 Å². The minimum atomic E-state index is 0.366. The second-order valence-electron chi connectivity index (χ2n) is 4.77. The van der Waals surface area contributed by atoms with Gasteiger partial charge in [0.25, 0.3) is 0 Å². The van der Waals surface area contributed by atoms with E-state index in [1.165, 1.54) is 0 Å². The summed E-state index contributed by atoms with van der Waals surface area (Å²) < 4.78 is 0. The molecule has 0 saturated heterocycles. The lowest BCUT2D eigenvalue weighted by Crippen LogP contribution is -2.03. The molecule has 3 heteroatoms. The first-order valence-electron chi connectivity index (χ1n) is 6.25. The van der Waals surface area contributed by atoms with Crippen molar-refractivity contribution >= 4 is 22.5 Å². The molecule has 2 nitrogen and oxygen atoms in total. The highest BCUT2D eigenvalue weighted by Crippen LogP contribution is 2.43. The van der Waals surface area contributed by atoms with Gasteiger partial charge in [0.2, 0.25) is 0 Å². The van der Waals surface area contributed by atoms with E-state index in [1.54, 1.807) is 11.8 Å². The van der Waals surface area contributed by atoms with Crippen molar-refractivity contribution in [3.05, 3.63) is 29.3 Å². The minimum absolute atomic E-state index is 0.366. The van der Waals surface area contributed by atoms with E-state index in [9.17, 15) is 10.2 Å². The van der Waals surface area contributed by atoms with Gasteiger partial charge in [-0.25, -0.2) is 0 Å². The maximum atomic E-state index is 10.4. The SMILES string of the molecule is CSc1ccc2c(O)c3c(c(O)c2c1)CCCC3. The van der Waals surface area contributed by atoms with Gasteiger partial charge in [0.15, 0.2) is 0 Å². The molecule has 1 aliphatic rings. The molecule has 0 spiro atoms. The Balaban J connectivity index is 2.36. The van der Waals surface area contributed by atoms with E-state index in [2.05, 4.69) is 0 Å². The number of fused-ring (bicyclic) bond motifs is 2. The van der Waals surface area contributed by atoms with Gasteiger partial charge in [0, 0.05) is 26.8 Å². The van der Waals surface area contributed by atoms with Gasteiger partial charge in [-0.15, -0.1) is 11.8 Å². The van der Waals surface area contributed by atoms with Crippen LogP contribution in [0.25, 0.3) is 10.8 Å². The van der Waals surface area contributed by atoms with Gasteiger partial charge in [-0.3, -0.25) is 0 Å². The van der Waals surface area contributed by atoms with Crippen LogP contribution in [0, 0.1) is 0 Å². The second-order valence-corrected chi connectivity index (χ2v) is 5.65. The average molecular weight is 260 g/mol. The summed E-state index contributed by atoms with van der Waals surface area (Å²) in [6.07, 6.45) is 5.93. The maximum Gasteiger partial charge on any atom is 0.127 e. The molecule has 0 bridgehead atoms. The van der Waals surface area contributed by atoms with E-state index < -0.39 is 0 Å². The summed E-state index contributed by atoms with van der Waals surface area (Å²) >= 11 is 1.64. The van der Waals surface area contributed by atoms with Crippen molar-refractivity contribution in [3.63, 3.8) is 0 Å². The number of aromatic hydroxyl groups is 2. The first-order valence-corrected chi connectivity index (χ1v) is 7.48. The van der Waals surface area contributed by atoms with E-state index >= 15 is 0 Å². The van der Waals surface area contributed by atoms with Crippen LogP contribution in [0.2, 0.25) is 0 Å². The Kier molecular flexibility index (Phi) is 2.86. The van der Waals surface area contributed by atoms with Crippen LogP contribution >= 0.6 is 11.8 Å². The van der Waals surface area contributed by atoms with E-state index in [0.717, 1.165) is 52.5 Å². The van der Waals surface area contributed by atoms with Crippen LogP contribution in [-0.2, 0) is 12.8 Å². The molecule has 1 aliphatic carbocycles. The summed E-state index contributed by atoms with van der Waals surface area (Å²) in [4.78, 5) is 1.10.